The lowest BCUT2D eigenvalue weighted by Gasteiger charge is -2.09. The average Bonchev–Trinajstić information content (AvgIpc) is 4.02. The highest BCUT2D eigenvalue weighted by Gasteiger charge is 2.27. The second-order valence-corrected chi connectivity index (χ2v) is 15.1. The van der Waals surface area contributed by atoms with E-state index in [1.807, 2.05) is 60.7 Å². The summed E-state index contributed by atoms with van der Waals surface area (Å²) in [6.45, 7) is 0. The third-order valence-corrected chi connectivity index (χ3v) is 12.1. The lowest BCUT2D eigenvalue weighted by molar-refractivity contribution is 0.666. The first-order chi connectivity index (χ1) is 28.8. The van der Waals surface area contributed by atoms with Crippen LogP contribution in [-0.4, -0.2) is 23.9 Å². The van der Waals surface area contributed by atoms with Gasteiger partial charge in [0.25, 0.3) is 0 Å². The van der Waals surface area contributed by atoms with Gasteiger partial charge in [0.15, 0.2) is 23.1 Å². The normalized spacial score (nSPS) is 12.5. The number of hydrogen-bond donors (Lipinski definition) is 0. The minimum Gasteiger partial charge on any atom is -0.456 e. The Bertz CT molecular complexity index is 3910. The molecule has 0 saturated heterocycles. The van der Waals surface area contributed by atoms with Crippen molar-refractivity contribution in [2.75, 3.05) is 0 Å². The summed E-state index contributed by atoms with van der Waals surface area (Å²) in [6.07, 6.45) is 0. The predicted octanol–water partition coefficient (Wildman–Crippen LogP) is 13.2. The summed E-state index contributed by atoms with van der Waals surface area (Å²) in [7, 11) is 0. The van der Waals surface area contributed by atoms with Crippen LogP contribution in [0.4, 0.5) is 0 Å². The molecule has 0 N–H and O–H groups in total. The van der Waals surface area contributed by atoms with Crippen LogP contribution in [0.2, 0.25) is 0 Å². The molecule has 0 unspecified atom stereocenters. The summed E-state index contributed by atoms with van der Waals surface area (Å²) in [5.41, 5.74) is 12.8. The fourth-order valence-electron chi connectivity index (χ4n) is 9.66. The van der Waals surface area contributed by atoms with Gasteiger partial charge in [-0.3, -0.25) is 0 Å². The molecule has 0 spiro atoms. The number of furan rings is 2. The van der Waals surface area contributed by atoms with Gasteiger partial charge in [-0.1, -0.05) is 103 Å². The summed E-state index contributed by atoms with van der Waals surface area (Å²) in [6, 6.07) is 56.9. The molecule has 0 aliphatic heterocycles. The van der Waals surface area contributed by atoms with E-state index in [2.05, 4.69) is 112 Å². The van der Waals surface area contributed by atoms with Crippen molar-refractivity contribution >= 4 is 93.0 Å². The van der Waals surface area contributed by atoms with Crippen molar-refractivity contribution in [2.45, 2.75) is 0 Å². The van der Waals surface area contributed by atoms with Crippen LogP contribution >= 0.6 is 0 Å². The summed E-state index contributed by atoms with van der Waals surface area (Å²) in [5.74, 6) is 1.83. The SMILES string of the molecule is c1ccc(-c2nc(-c3ccccc3)nc(-c3ccc4c(c3)oc3c(-n5c6ccc7oc8ccc9c%10ccccc%10n%10c%11cccc5c%11c6c7c8c9%10)cccc34)n2)cc1. The number of nitrogens with zero attached hydrogens (tertiary/aromatic N) is 5. The molecule has 14 aromatic rings. The third kappa shape index (κ3) is 3.84. The molecule has 0 saturated carbocycles. The van der Waals surface area contributed by atoms with Crippen LogP contribution in [0.1, 0.15) is 0 Å². The van der Waals surface area contributed by atoms with Crippen molar-refractivity contribution in [3.8, 4) is 39.9 Å². The van der Waals surface area contributed by atoms with E-state index in [9.17, 15) is 0 Å². The second kappa shape index (κ2) is 10.8. The van der Waals surface area contributed by atoms with Gasteiger partial charge in [0.05, 0.1) is 38.7 Å². The molecular weight excluding hydrogens is 715 g/mol. The van der Waals surface area contributed by atoms with E-state index in [1.54, 1.807) is 0 Å². The van der Waals surface area contributed by atoms with Crippen molar-refractivity contribution < 1.29 is 8.83 Å². The molecule has 8 aromatic carbocycles. The lowest BCUT2D eigenvalue weighted by Crippen LogP contribution is -2.00. The monoisotopic (exact) mass is 741 g/mol. The highest BCUT2D eigenvalue weighted by atomic mass is 16.3. The van der Waals surface area contributed by atoms with Crippen LogP contribution in [0.15, 0.2) is 173 Å². The first kappa shape index (κ1) is 30.2. The number of fused-ring (bicyclic) bond motifs is 7. The molecule has 0 aliphatic rings. The van der Waals surface area contributed by atoms with Crippen molar-refractivity contribution in [1.29, 1.82) is 0 Å². The Balaban J connectivity index is 1.03. The Morgan fingerprint density at radius 2 is 0.983 bits per heavy atom. The minimum absolute atomic E-state index is 0.585. The highest BCUT2D eigenvalue weighted by Crippen LogP contribution is 2.49. The van der Waals surface area contributed by atoms with Gasteiger partial charge in [-0.15, -0.1) is 0 Å². The summed E-state index contributed by atoms with van der Waals surface area (Å²) in [4.78, 5) is 14.9. The number of benzene rings is 8. The summed E-state index contributed by atoms with van der Waals surface area (Å²) < 4.78 is 18.4. The zero-order valence-electron chi connectivity index (χ0n) is 30.6. The largest absolute Gasteiger partial charge is 0.456 e. The van der Waals surface area contributed by atoms with E-state index in [1.165, 1.54) is 32.6 Å². The first-order valence-electron chi connectivity index (χ1n) is 19.4. The quantitative estimate of drug-likeness (QED) is 0.180. The van der Waals surface area contributed by atoms with Crippen LogP contribution in [0.25, 0.3) is 133 Å². The fourth-order valence-corrected chi connectivity index (χ4v) is 9.66. The smallest absolute Gasteiger partial charge is 0.164 e. The van der Waals surface area contributed by atoms with E-state index in [4.69, 9.17) is 23.8 Å². The van der Waals surface area contributed by atoms with Crippen LogP contribution in [0, 0.1) is 0 Å². The van der Waals surface area contributed by atoms with Crippen molar-refractivity contribution in [1.82, 2.24) is 23.9 Å². The molecule has 6 aromatic heterocycles. The molecule has 0 fully saturated rings. The molecule has 0 bridgehead atoms. The van der Waals surface area contributed by atoms with Gasteiger partial charge >= 0.3 is 0 Å². The van der Waals surface area contributed by atoms with Crippen molar-refractivity contribution in [3.63, 3.8) is 0 Å². The van der Waals surface area contributed by atoms with E-state index in [-0.39, 0.29) is 0 Å². The van der Waals surface area contributed by atoms with E-state index < -0.39 is 0 Å². The van der Waals surface area contributed by atoms with Crippen molar-refractivity contribution in [3.05, 3.63) is 164 Å². The number of para-hydroxylation sites is 2. The molecule has 58 heavy (non-hydrogen) atoms. The molecule has 0 atom stereocenters. The highest BCUT2D eigenvalue weighted by molar-refractivity contribution is 6.37. The Labute approximate surface area is 328 Å². The van der Waals surface area contributed by atoms with Gasteiger partial charge < -0.3 is 17.8 Å². The van der Waals surface area contributed by atoms with Gasteiger partial charge in [-0.05, 0) is 60.7 Å². The Hall–Kier alpha value is -8.03. The summed E-state index contributed by atoms with van der Waals surface area (Å²) >= 11 is 0. The predicted molar refractivity (Wildman–Crippen MR) is 233 cm³/mol. The summed E-state index contributed by atoms with van der Waals surface area (Å²) in [5, 5.41) is 9.22. The Kier molecular flexibility index (Phi) is 5.65. The van der Waals surface area contributed by atoms with Crippen LogP contribution < -0.4 is 0 Å². The van der Waals surface area contributed by atoms with Gasteiger partial charge in [0, 0.05) is 54.4 Å². The molecule has 7 heteroatoms. The molecular formula is C51H27N5O2. The van der Waals surface area contributed by atoms with Crippen LogP contribution in [-0.2, 0) is 0 Å². The van der Waals surface area contributed by atoms with E-state index in [0.29, 0.717) is 17.5 Å². The molecule has 6 heterocycles. The standard InChI is InChI=1S/C51H27N5O2/c1-3-11-28(12-4-1)49-52-50(29-13-5-2-6-14-29)54-51(53-49)30-21-22-32-34-16-9-20-39(48(34)58-42(32)27-30)55-36-18-10-19-37-43(36)44-38(55)24-26-40-45(44)46-41(57-40)25-23-33-31-15-7-8-17-35(31)56(37)47(33)46/h1-27H. The maximum Gasteiger partial charge on any atom is 0.164 e. The molecule has 7 nitrogen and oxygen atoms in total. The fraction of sp³-hybridized carbons (Fsp3) is 0. The van der Waals surface area contributed by atoms with Crippen LogP contribution in [0.5, 0.6) is 0 Å². The Morgan fingerprint density at radius 3 is 1.79 bits per heavy atom. The number of hydrogen-bond acceptors (Lipinski definition) is 5. The molecule has 268 valence electrons. The maximum atomic E-state index is 6.96. The van der Waals surface area contributed by atoms with Gasteiger partial charge in [0.2, 0.25) is 0 Å². The maximum absolute atomic E-state index is 6.96. The molecule has 0 radical (unpaired) electrons. The number of rotatable bonds is 4. The van der Waals surface area contributed by atoms with E-state index in [0.717, 1.165) is 82.8 Å². The van der Waals surface area contributed by atoms with Gasteiger partial charge in [0.1, 0.15) is 16.7 Å². The topological polar surface area (TPSA) is 74.3 Å². The van der Waals surface area contributed by atoms with E-state index >= 15 is 0 Å². The zero-order valence-corrected chi connectivity index (χ0v) is 30.6. The number of aromatic nitrogens is 5. The zero-order chi connectivity index (χ0) is 37.6. The first-order valence-corrected chi connectivity index (χ1v) is 19.4. The van der Waals surface area contributed by atoms with Gasteiger partial charge in [-0.2, -0.15) is 0 Å². The van der Waals surface area contributed by atoms with Crippen LogP contribution in [0.3, 0.4) is 0 Å². The van der Waals surface area contributed by atoms with Gasteiger partial charge in [-0.25, -0.2) is 15.0 Å². The van der Waals surface area contributed by atoms with Crippen molar-refractivity contribution in [2.24, 2.45) is 0 Å². The third-order valence-electron chi connectivity index (χ3n) is 12.1. The minimum atomic E-state index is 0.585. The average molecular weight is 742 g/mol. The molecule has 14 rings (SSSR count). The second-order valence-electron chi connectivity index (χ2n) is 15.1. The molecule has 0 amide bonds. The lowest BCUT2D eigenvalue weighted by atomic mass is 10.0. The Morgan fingerprint density at radius 1 is 0.362 bits per heavy atom. The molecule has 0 aliphatic carbocycles.